The van der Waals surface area contributed by atoms with E-state index in [1.807, 2.05) is 13.8 Å². The van der Waals surface area contributed by atoms with E-state index in [0.29, 0.717) is 11.5 Å². The summed E-state index contributed by atoms with van der Waals surface area (Å²) in [5, 5.41) is 27.4. The predicted molar refractivity (Wildman–Crippen MR) is 63.9 cm³/mol. The second kappa shape index (κ2) is 5.13. The fourth-order valence-corrected chi connectivity index (χ4v) is 1.50. The third kappa shape index (κ3) is 2.94. The molecule has 1 unspecified atom stereocenters. The largest absolute Gasteiger partial charge is 0.391 e. The summed E-state index contributed by atoms with van der Waals surface area (Å²) in [6.07, 6.45) is -0.551. The molecule has 0 aliphatic heterocycles. The van der Waals surface area contributed by atoms with E-state index in [2.05, 4.69) is 10.4 Å². The molecular formula is C10H18N4O3. The minimum atomic E-state index is -0.551. The van der Waals surface area contributed by atoms with Crippen LogP contribution in [-0.4, -0.2) is 32.5 Å². The number of hydrogen-bond acceptors (Lipinski definition) is 5. The molecule has 0 bridgehead atoms. The summed E-state index contributed by atoms with van der Waals surface area (Å²) in [6, 6.07) is 0. The van der Waals surface area contributed by atoms with E-state index in [-0.39, 0.29) is 18.2 Å². The Morgan fingerprint density at radius 3 is 2.65 bits per heavy atom. The van der Waals surface area contributed by atoms with Crippen molar-refractivity contribution in [1.29, 1.82) is 0 Å². The summed E-state index contributed by atoms with van der Waals surface area (Å²) in [4.78, 5) is 10.4. The van der Waals surface area contributed by atoms with Crippen molar-refractivity contribution in [3.05, 3.63) is 15.8 Å². The van der Waals surface area contributed by atoms with Crippen molar-refractivity contribution in [3.8, 4) is 0 Å². The maximum absolute atomic E-state index is 10.9. The Kier molecular flexibility index (Phi) is 4.06. The van der Waals surface area contributed by atoms with Gasteiger partial charge >= 0.3 is 5.69 Å². The molecule has 1 atom stereocenters. The lowest BCUT2D eigenvalue weighted by Gasteiger charge is -2.15. The summed E-state index contributed by atoms with van der Waals surface area (Å²) < 4.78 is 1.42. The molecule has 1 heterocycles. The molecule has 17 heavy (non-hydrogen) atoms. The van der Waals surface area contributed by atoms with Crippen molar-refractivity contribution in [3.63, 3.8) is 0 Å². The van der Waals surface area contributed by atoms with E-state index >= 15 is 0 Å². The number of anilines is 1. The van der Waals surface area contributed by atoms with Gasteiger partial charge < -0.3 is 10.4 Å². The van der Waals surface area contributed by atoms with Crippen molar-refractivity contribution in [2.75, 3.05) is 11.9 Å². The normalized spacial score (nSPS) is 12.8. The summed E-state index contributed by atoms with van der Waals surface area (Å²) >= 11 is 0. The Morgan fingerprint density at radius 1 is 1.59 bits per heavy atom. The molecule has 0 saturated carbocycles. The SMILES string of the molecule is Cc1nn(C)c(NCC(O)C(C)C)c1[N+](=O)[O-]. The van der Waals surface area contributed by atoms with Gasteiger partial charge in [-0.15, -0.1) is 0 Å². The molecule has 96 valence electrons. The van der Waals surface area contributed by atoms with Crippen LogP contribution in [0.15, 0.2) is 0 Å². The number of rotatable bonds is 5. The van der Waals surface area contributed by atoms with Crippen LogP contribution < -0.4 is 5.32 Å². The van der Waals surface area contributed by atoms with Crippen molar-refractivity contribution in [2.24, 2.45) is 13.0 Å². The fraction of sp³-hybridized carbons (Fsp3) is 0.700. The maximum atomic E-state index is 10.9. The molecule has 0 radical (unpaired) electrons. The zero-order chi connectivity index (χ0) is 13.2. The van der Waals surface area contributed by atoms with Crippen LogP contribution in [0.3, 0.4) is 0 Å². The van der Waals surface area contributed by atoms with Gasteiger partial charge in [0.15, 0.2) is 0 Å². The Morgan fingerprint density at radius 2 is 2.18 bits per heavy atom. The Labute approximate surface area is 99.6 Å². The number of nitro groups is 1. The Hall–Kier alpha value is -1.63. The number of hydrogen-bond donors (Lipinski definition) is 2. The molecule has 0 aliphatic carbocycles. The summed E-state index contributed by atoms with van der Waals surface area (Å²) in [7, 11) is 1.63. The second-order valence-electron chi connectivity index (χ2n) is 4.36. The number of aryl methyl sites for hydroxylation is 2. The minimum Gasteiger partial charge on any atom is -0.391 e. The van der Waals surface area contributed by atoms with Gasteiger partial charge in [0.1, 0.15) is 5.69 Å². The highest BCUT2D eigenvalue weighted by molar-refractivity contribution is 5.59. The van der Waals surface area contributed by atoms with Crippen LogP contribution in [0, 0.1) is 23.0 Å². The third-order valence-electron chi connectivity index (χ3n) is 2.62. The lowest BCUT2D eigenvalue weighted by Crippen LogP contribution is -2.25. The molecule has 2 N–H and O–H groups in total. The summed E-state index contributed by atoms with van der Waals surface area (Å²) in [5.41, 5.74) is 0.322. The highest BCUT2D eigenvalue weighted by Gasteiger charge is 2.24. The molecule has 7 nitrogen and oxygen atoms in total. The van der Waals surface area contributed by atoms with Crippen LogP contribution in [-0.2, 0) is 7.05 Å². The third-order valence-corrected chi connectivity index (χ3v) is 2.62. The lowest BCUT2D eigenvalue weighted by atomic mass is 10.1. The maximum Gasteiger partial charge on any atom is 0.333 e. The van der Waals surface area contributed by atoms with Gasteiger partial charge in [0.25, 0.3) is 0 Å². The van der Waals surface area contributed by atoms with Crippen LogP contribution in [0.25, 0.3) is 0 Å². The van der Waals surface area contributed by atoms with Gasteiger partial charge in [-0.1, -0.05) is 13.8 Å². The lowest BCUT2D eigenvalue weighted by molar-refractivity contribution is -0.384. The van der Waals surface area contributed by atoms with E-state index in [0.717, 1.165) is 0 Å². The van der Waals surface area contributed by atoms with Crippen LogP contribution in [0.4, 0.5) is 11.5 Å². The molecule has 1 aromatic heterocycles. The molecule has 0 amide bonds. The number of nitrogens with zero attached hydrogens (tertiary/aromatic N) is 3. The molecular weight excluding hydrogens is 224 g/mol. The van der Waals surface area contributed by atoms with Gasteiger partial charge in [-0.2, -0.15) is 5.10 Å². The molecule has 0 aliphatic rings. The molecule has 1 rings (SSSR count). The fourth-order valence-electron chi connectivity index (χ4n) is 1.50. The first-order chi connectivity index (χ1) is 7.84. The quantitative estimate of drug-likeness (QED) is 0.595. The van der Waals surface area contributed by atoms with E-state index < -0.39 is 11.0 Å². The van der Waals surface area contributed by atoms with Gasteiger partial charge in [0.05, 0.1) is 11.0 Å². The van der Waals surface area contributed by atoms with Gasteiger partial charge in [0.2, 0.25) is 5.82 Å². The summed E-state index contributed by atoms with van der Waals surface area (Å²) in [6.45, 7) is 5.62. The van der Waals surface area contributed by atoms with E-state index in [9.17, 15) is 15.2 Å². The number of aromatic nitrogens is 2. The molecule has 0 fully saturated rings. The Bertz CT molecular complexity index is 414. The van der Waals surface area contributed by atoms with E-state index in [1.165, 1.54) is 4.68 Å². The van der Waals surface area contributed by atoms with Gasteiger partial charge in [-0.05, 0) is 12.8 Å². The molecule has 0 aromatic carbocycles. The number of aliphatic hydroxyl groups is 1. The predicted octanol–water partition coefficient (Wildman–Crippen LogP) is 1.07. The van der Waals surface area contributed by atoms with E-state index in [1.54, 1.807) is 14.0 Å². The van der Waals surface area contributed by atoms with Crippen molar-refractivity contribution in [1.82, 2.24) is 9.78 Å². The molecule has 0 spiro atoms. The number of aliphatic hydroxyl groups excluding tert-OH is 1. The van der Waals surface area contributed by atoms with Crippen molar-refractivity contribution in [2.45, 2.75) is 26.9 Å². The standard InChI is InChI=1S/C10H18N4O3/c1-6(2)8(15)5-11-10-9(14(16)17)7(3)12-13(10)4/h6,8,11,15H,5H2,1-4H3. The first-order valence-electron chi connectivity index (χ1n) is 5.44. The van der Waals surface area contributed by atoms with Crippen molar-refractivity contribution >= 4 is 11.5 Å². The number of nitrogens with one attached hydrogen (secondary N) is 1. The van der Waals surface area contributed by atoms with Gasteiger partial charge in [-0.3, -0.25) is 10.1 Å². The molecule has 7 heteroatoms. The highest BCUT2D eigenvalue weighted by atomic mass is 16.6. The Balaban J connectivity index is 2.87. The van der Waals surface area contributed by atoms with Crippen LogP contribution in [0.1, 0.15) is 19.5 Å². The van der Waals surface area contributed by atoms with Gasteiger partial charge in [-0.25, -0.2) is 4.68 Å². The van der Waals surface area contributed by atoms with Crippen molar-refractivity contribution < 1.29 is 10.0 Å². The van der Waals surface area contributed by atoms with Crippen LogP contribution in [0.2, 0.25) is 0 Å². The second-order valence-corrected chi connectivity index (χ2v) is 4.36. The van der Waals surface area contributed by atoms with Crippen LogP contribution in [0.5, 0.6) is 0 Å². The van der Waals surface area contributed by atoms with Crippen LogP contribution >= 0.6 is 0 Å². The zero-order valence-corrected chi connectivity index (χ0v) is 10.5. The average molecular weight is 242 g/mol. The zero-order valence-electron chi connectivity index (χ0n) is 10.5. The molecule has 0 saturated heterocycles. The first-order valence-corrected chi connectivity index (χ1v) is 5.44. The van der Waals surface area contributed by atoms with E-state index in [4.69, 9.17) is 0 Å². The highest BCUT2D eigenvalue weighted by Crippen LogP contribution is 2.27. The van der Waals surface area contributed by atoms with Gasteiger partial charge in [0, 0.05) is 13.6 Å². The summed E-state index contributed by atoms with van der Waals surface area (Å²) in [5.74, 6) is 0.420. The monoisotopic (exact) mass is 242 g/mol. The first kappa shape index (κ1) is 13.4. The smallest absolute Gasteiger partial charge is 0.333 e. The topological polar surface area (TPSA) is 93.2 Å². The average Bonchev–Trinajstić information content (AvgIpc) is 2.49. The molecule has 1 aromatic rings. The minimum absolute atomic E-state index is 0.0385.